The Morgan fingerprint density at radius 2 is 1.16 bits per heavy atom. The second-order valence-electron chi connectivity index (χ2n) is 8.76. The van der Waals surface area contributed by atoms with Crippen LogP contribution in [0.4, 0.5) is 0 Å². The summed E-state index contributed by atoms with van der Waals surface area (Å²) in [7, 11) is 0. The van der Waals surface area contributed by atoms with E-state index in [-0.39, 0.29) is 0 Å². The molecule has 0 unspecified atom stereocenters. The number of hydrogen-bond donors (Lipinski definition) is 0. The minimum atomic E-state index is 0.646. The number of thioether (sulfide) groups is 1. The minimum absolute atomic E-state index is 0.646. The molecule has 0 saturated carbocycles. The molecule has 0 atom stereocenters. The van der Waals surface area contributed by atoms with E-state index >= 15 is 0 Å². The zero-order chi connectivity index (χ0) is 21.3. The number of hydrogen-bond acceptors (Lipinski definition) is 2. The van der Waals surface area contributed by atoms with Crippen molar-refractivity contribution in [2.45, 2.75) is 42.9 Å². The van der Waals surface area contributed by atoms with Gasteiger partial charge in [0, 0.05) is 10.6 Å². The summed E-state index contributed by atoms with van der Waals surface area (Å²) in [5.41, 5.74) is 11.0. The fourth-order valence-corrected chi connectivity index (χ4v) is 6.01. The highest BCUT2D eigenvalue weighted by atomic mass is 32.2. The van der Waals surface area contributed by atoms with E-state index in [0.717, 1.165) is 37.2 Å². The van der Waals surface area contributed by atoms with Crippen LogP contribution in [0.25, 0.3) is 11.1 Å². The van der Waals surface area contributed by atoms with Crippen molar-refractivity contribution in [2.75, 3.05) is 0 Å². The van der Waals surface area contributed by atoms with Crippen LogP contribution < -0.4 is 4.74 Å². The Kier molecular flexibility index (Phi) is 5.24. The van der Waals surface area contributed by atoms with Gasteiger partial charge in [-0.3, -0.25) is 0 Å². The van der Waals surface area contributed by atoms with E-state index in [2.05, 4.69) is 84.9 Å². The summed E-state index contributed by atoms with van der Waals surface area (Å²) in [4.78, 5) is 1.43. The standard InChI is InChI=1S/C30H26OS/c1-2-7-27-19-31-29-18-26(16-13-23(29)12-9-21(27)5-1)25-15-11-22-10-14-24-6-3-4-8-30(24)32-20-28(22)17-25/h1-8,11,13,15-18H,9-10,12,14,19-20H2. The average molecular weight is 435 g/mol. The molecule has 158 valence electrons. The van der Waals surface area contributed by atoms with Crippen molar-refractivity contribution in [2.24, 2.45) is 0 Å². The molecular formula is C30H26OS. The van der Waals surface area contributed by atoms with Gasteiger partial charge in [0.05, 0.1) is 0 Å². The maximum Gasteiger partial charge on any atom is 0.123 e. The second-order valence-corrected chi connectivity index (χ2v) is 9.78. The molecule has 2 heteroatoms. The molecule has 2 heterocycles. The molecule has 32 heavy (non-hydrogen) atoms. The minimum Gasteiger partial charge on any atom is -0.489 e. The summed E-state index contributed by atoms with van der Waals surface area (Å²) in [5, 5.41) is 0. The molecule has 0 bridgehead atoms. The van der Waals surface area contributed by atoms with Gasteiger partial charge in [0.25, 0.3) is 0 Å². The quantitative estimate of drug-likeness (QED) is 0.308. The maximum absolute atomic E-state index is 6.30. The lowest BCUT2D eigenvalue weighted by Gasteiger charge is -2.20. The Morgan fingerprint density at radius 3 is 2.03 bits per heavy atom. The summed E-state index contributed by atoms with van der Waals surface area (Å²) in [6.45, 7) is 0.646. The summed E-state index contributed by atoms with van der Waals surface area (Å²) in [6.07, 6.45) is 4.32. The Bertz CT molecular complexity index is 1190. The molecule has 0 aliphatic carbocycles. The molecule has 0 fully saturated rings. The zero-order valence-electron chi connectivity index (χ0n) is 18.1. The molecular weight excluding hydrogens is 408 g/mol. The number of fused-ring (bicyclic) bond motifs is 4. The van der Waals surface area contributed by atoms with Crippen LogP contribution in [-0.2, 0) is 38.0 Å². The van der Waals surface area contributed by atoms with E-state index in [1.54, 1.807) is 0 Å². The lowest BCUT2D eigenvalue weighted by atomic mass is 9.93. The summed E-state index contributed by atoms with van der Waals surface area (Å²) in [6, 6.07) is 31.3. The third kappa shape index (κ3) is 3.84. The molecule has 0 radical (unpaired) electrons. The third-order valence-electron chi connectivity index (χ3n) is 6.79. The topological polar surface area (TPSA) is 9.23 Å². The predicted molar refractivity (Wildman–Crippen MR) is 133 cm³/mol. The first-order valence-electron chi connectivity index (χ1n) is 11.5. The SMILES string of the molecule is c1ccc2c(c1)CCc1ccc(-c3ccc4c(c3)CSc3ccccc3CC4)cc1OC2. The van der Waals surface area contributed by atoms with Gasteiger partial charge in [0.1, 0.15) is 12.4 Å². The van der Waals surface area contributed by atoms with Crippen molar-refractivity contribution >= 4 is 11.8 Å². The van der Waals surface area contributed by atoms with E-state index < -0.39 is 0 Å². The predicted octanol–water partition coefficient (Wildman–Crippen LogP) is 7.42. The zero-order valence-corrected chi connectivity index (χ0v) is 19.0. The molecule has 4 aromatic carbocycles. The van der Waals surface area contributed by atoms with Gasteiger partial charge in [-0.1, -0.05) is 72.8 Å². The van der Waals surface area contributed by atoms with Crippen molar-refractivity contribution in [1.29, 1.82) is 0 Å². The van der Waals surface area contributed by atoms with Crippen molar-refractivity contribution in [1.82, 2.24) is 0 Å². The van der Waals surface area contributed by atoms with E-state index in [9.17, 15) is 0 Å². The third-order valence-corrected chi connectivity index (χ3v) is 7.96. The normalized spacial score (nSPS) is 14.9. The molecule has 2 aliphatic heterocycles. The lowest BCUT2D eigenvalue weighted by Crippen LogP contribution is -2.07. The van der Waals surface area contributed by atoms with Crippen LogP contribution in [0.5, 0.6) is 5.75 Å². The molecule has 2 aliphatic rings. The fraction of sp³-hybridized carbons (Fsp3) is 0.200. The van der Waals surface area contributed by atoms with Crippen LogP contribution >= 0.6 is 11.8 Å². The van der Waals surface area contributed by atoms with Crippen molar-refractivity contribution in [3.63, 3.8) is 0 Å². The Balaban J connectivity index is 1.29. The molecule has 1 nitrogen and oxygen atoms in total. The Morgan fingerprint density at radius 1 is 0.531 bits per heavy atom. The van der Waals surface area contributed by atoms with Gasteiger partial charge < -0.3 is 4.74 Å². The van der Waals surface area contributed by atoms with Gasteiger partial charge in [-0.2, -0.15) is 0 Å². The molecule has 0 aromatic heterocycles. The number of aryl methyl sites for hydroxylation is 4. The highest BCUT2D eigenvalue weighted by molar-refractivity contribution is 7.98. The van der Waals surface area contributed by atoms with Gasteiger partial charge in [-0.25, -0.2) is 0 Å². The molecule has 0 spiro atoms. The summed E-state index contributed by atoms with van der Waals surface area (Å²) in [5.74, 6) is 2.06. The Labute approximate surface area is 194 Å². The molecule has 0 amide bonds. The van der Waals surface area contributed by atoms with Gasteiger partial charge in [0.2, 0.25) is 0 Å². The first kappa shape index (κ1) is 19.7. The van der Waals surface area contributed by atoms with Crippen LogP contribution in [0.2, 0.25) is 0 Å². The van der Waals surface area contributed by atoms with Gasteiger partial charge in [0.15, 0.2) is 0 Å². The smallest absolute Gasteiger partial charge is 0.123 e. The largest absolute Gasteiger partial charge is 0.489 e. The number of benzene rings is 4. The first-order chi connectivity index (χ1) is 15.8. The summed E-state index contributed by atoms with van der Waals surface area (Å²) < 4.78 is 6.30. The van der Waals surface area contributed by atoms with Crippen LogP contribution in [0, 0.1) is 0 Å². The fourth-order valence-electron chi connectivity index (χ4n) is 4.90. The van der Waals surface area contributed by atoms with E-state index in [1.165, 1.54) is 49.4 Å². The van der Waals surface area contributed by atoms with E-state index in [0.29, 0.717) is 6.61 Å². The van der Waals surface area contributed by atoms with Crippen molar-refractivity contribution in [3.05, 3.63) is 118 Å². The monoisotopic (exact) mass is 434 g/mol. The average Bonchev–Trinajstić information content (AvgIpc) is 2.82. The number of ether oxygens (including phenoxy) is 1. The first-order valence-corrected chi connectivity index (χ1v) is 12.5. The van der Waals surface area contributed by atoms with Crippen LogP contribution in [0.15, 0.2) is 89.8 Å². The van der Waals surface area contributed by atoms with Gasteiger partial charge >= 0.3 is 0 Å². The second kappa shape index (κ2) is 8.52. The maximum atomic E-state index is 6.30. The van der Waals surface area contributed by atoms with E-state index in [4.69, 9.17) is 4.74 Å². The molecule has 6 rings (SSSR count). The summed E-state index contributed by atoms with van der Waals surface area (Å²) >= 11 is 1.97. The van der Waals surface area contributed by atoms with Crippen molar-refractivity contribution in [3.8, 4) is 16.9 Å². The highest BCUT2D eigenvalue weighted by Crippen LogP contribution is 2.35. The van der Waals surface area contributed by atoms with Crippen LogP contribution in [0.1, 0.15) is 33.4 Å². The van der Waals surface area contributed by atoms with E-state index in [1.807, 2.05) is 11.8 Å². The molecule has 4 aromatic rings. The van der Waals surface area contributed by atoms with Gasteiger partial charge in [-0.15, -0.1) is 11.8 Å². The van der Waals surface area contributed by atoms with Gasteiger partial charge in [-0.05, 0) is 82.3 Å². The van der Waals surface area contributed by atoms with Crippen LogP contribution in [-0.4, -0.2) is 0 Å². The highest BCUT2D eigenvalue weighted by Gasteiger charge is 2.15. The van der Waals surface area contributed by atoms with Crippen LogP contribution in [0.3, 0.4) is 0 Å². The van der Waals surface area contributed by atoms with Crippen molar-refractivity contribution < 1.29 is 4.74 Å². The Hall–Kier alpha value is -2.97. The molecule has 0 saturated heterocycles. The molecule has 0 N–H and O–H groups in total. The number of rotatable bonds is 1. The lowest BCUT2D eigenvalue weighted by molar-refractivity contribution is 0.299.